The molecule has 0 bridgehead atoms. The summed E-state index contributed by atoms with van der Waals surface area (Å²) in [5.41, 5.74) is 0.336. The van der Waals surface area contributed by atoms with Gasteiger partial charge in [-0.15, -0.1) is 0 Å². The minimum Gasteiger partial charge on any atom is -0.486 e. The summed E-state index contributed by atoms with van der Waals surface area (Å²) in [5, 5.41) is 9.44. The molecule has 0 saturated heterocycles. The van der Waals surface area contributed by atoms with E-state index in [1.807, 2.05) is 13.8 Å². The molecule has 0 saturated carbocycles. The van der Waals surface area contributed by atoms with Crippen LogP contribution in [0.3, 0.4) is 0 Å². The number of carboxylic acids is 1. The van der Waals surface area contributed by atoms with Crippen molar-refractivity contribution in [3.05, 3.63) is 23.3 Å². The van der Waals surface area contributed by atoms with Crippen LogP contribution in [-0.4, -0.2) is 39.2 Å². The van der Waals surface area contributed by atoms with E-state index in [0.717, 1.165) is 0 Å². The molecule has 0 radical (unpaired) electrons. The second-order valence-electron chi connectivity index (χ2n) is 7.74. The Hall–Kier alpha value is -1.53. The van der Waals surface area contributed by atoms with Crippen molar-refractivity contribution in [3.8, 4) is 11.5 Å². The van der Waals surface area contributed by atoms with Crippen LogP contribution in [-0.2, 0) is 4.43 Å². The molecular formula is C17H26O5Si. The van der Waals surface area contributed by atoms with Gasteiger partial charge in [0.1, 0.15) is 6.61 Å². The van der Waals surface area contributed by atoms with Crippen LogP contribution in [0.2, 0.25) is 5.04 Å². The first kappa shape index (κ1) is 17.8. The van der Waals surface area contributed by atoms with E-state index in [1.165, 1.54) is 0 Å². The van der Waals surface area contributed by atoms with E-state index >= 15 is 0 Å². The molecule has 0 aromatic heterocycles. The Labute approximate surface area is 139 Å². The highest BCUT2D eigenvalue weighted by Gasteiger charge is 2.38. The minimum absolute atomic E-state index is 0.192. The van der Waals surface area contributed by atoms with Gasteiger partial charge in [-0.1, -0.05) is 20.8 Å². The van der Waals surface area contributed by atoms with Crippen molar-refractivity contribution >= 4 is 15.7 Å². The van der Waals surface area contributed by atoms with Gasteiger partial charge in [-0.2, -0.15) is 0 Å². The first-order valence-electron chi connectivity index (χ1n) is 7.81. The second kappa shape index (κ2) is 6.17. The lowest BCUT2D eigenvalue weighted by Gasteiger charge is -2.39. The van der Waals surface area contributed by atoms with Crippen molar-refractivity contribution in [3.63, 3.8) is 0 Å². The molecule has 0 amide bonds. The first-order chi connectivity index (χ1) is 10.5. The zero-order valence-electron chi connectivity index (χ0n) is 14.7. The van der Waals surface area contributed by atoms with Gasteiger partial charge < -0.3 is 19.0 Å². The molecule has 1 aliphatic rings. The molecule has 2 rings (SSSR count). The van der Waals surface area contributed by atoms with Gasteiger partial charge in [0.25, 0.3) is 0 Å². The van der Waals surface area contributed by atoms with Crippen molar-refractivity contribution in [1.29, 1.82) is 0 Å². The number of carboxylic acid groups (broad SMARTS) is 1. The molecule has 6 heteroatoms. The normalized spacial score (nSPS) is 18.4. The van der Waals surface area contributed by atoms with Gasteiger partial charge in [0, 0.05) is 5.56 Å². The van der Waals surface area contributed by atoms with Gasteiger partial charge in [-0.3, -0.25) is 0 Å². The molecule has 1 N–H and O–H groups in total. The van der Waals surface area contributed by atoms with Gasteiger partial charge >= 0.3 is 5.97 Å². The SMILES string of the molecule is Cc1c(C(=O)O)ccc2c1OC(C(C)(C)O[SiH2]C(C)(C)C)CO2. The number of hydrogen-bond acceptors (Lipinski definition) is 4. The smallest absolute Gasteiger partial charge is 0.336 e. The van der Waals surface area contributed by atoms with E-state index < -0.39 is 21.3 Å². The van der Waals surface area contributed by atoms with Gasteiger partial charge in [-0.25, -0.2) is 4.79 Å². The van der Waals surface area contributed by atoms with Crippen molar-refractivity contribution in [2.45, 2.75) is 58.3 Å². The topological polar surface area (TPSA) is 65.0 Å². The van der Waals surface area contributed by atoms with E-state index in [9.17, 15) is 9.90 Å². The number of hydrogen-bond donors (Lipinski definition) is 1. The summed E-state index contributed by atoms with van der Waals surface area (Å²) in [5.74, 6) is 0.134. The lowest BCUT2D eigenvalue weighted by atomic mass is 10.0. The number of benzene rings is 1. The predicted molar refractivity (Wildman–Crippen MR) is 91.5 cm³/mol. The quantitative estimate of drug-likeness (QED) is 0.855. The van der Waals surface area contributed by atoms with Crippen molar-refractivity contribution in [2.24, 2.45) is 0 Å². The Morgan fingerprint density at radius 1 is 1.30 bits per heavy atom. The summed E-state index contributed by atoms with van der Waals surface area (Å²) >= 11 is 0. The van der Waals surface area contributed by atoms with E-state index in [4.69, 9.17) is 13.9 Å². The van der Waals surface area contributed by atoms with Crippen LogP contribution >= 0.6 is 0 Å². The average molecular weight is 338 g/mol. The summed E-state index contributed by atoms with van der Waals surface area (Å²) in [6.45, 7) is 12.7. The lowest BCUT2D eigenvalue weighted by Crippen LogP contribution is -2.49. The van der Waals surface area contributed by atoms with E-state index in [2.05, 4.69) is 20.8 Å². The predicted octanol–water partition coefficient (Wildman–Crippen LogP) is 2.93. The summed E-state index contributed by atoms with van der Waals surface area (Å²) in [7, 11) is -0.735. The number of ether oxygens (including phenoxy) is 2. The zero-order valence-corrected chi connectivity index (χ0v) is 16.1. The molecule has 0 aliphatic carbocycles. The molecular weight excluding hydrogens is 312 g/mol. The lowest BCUT2D eigenvalue weighted by molar-refractivity contribution is -0.0503. The summed E-state index contributed by atoms with van der Waals surface area (Å²) in [6, 6.07) is 3.20. The highest BCUT2D eigenvalue weighted by Crippen LogP contribution is 2.39. The molecule has 1 aromatic carbocycles. The Kier molecular flexibility index (Phi) is 4.78. The fourth-order valence-corrected chi connectivity index (χ4v) is 3.33. The van der Waals surface area contributed by atoms with E-state index in [-0.39, 0.29) is 16.7 Å². The maximum Gasteiger partial charge on any atom is 0.336 e. The Bertz CT molecular complexity index is 604. The van der Waals surface area contributed by atoms with E-state index in [0.29, 0.717) is 23.7 Å². The van der Waals surface area contributed by atoms with Crippen molar-refractivity contribution in [1.82, 2.24) is 0 Å². The van der Waals surface area contributed by atoms with Crippen LogP contribution in [0.15, 0.2) is 12.1 Å². The Balaban J connectivity index is 2.22. The molecule has 1 unspecified atom stereocenters. The largest absolute Gasteiger partial charge is 0.486 e. The van der Waals surface area contributed by atoms with Gasteiger partial charge in [0.05, 0.1) is 11.2 Å². The van der Waals surface area contributed by atoms with Gasteiger partial charge in [0.15, 0.2) is 27.4 Å². The third kappa shape index (κ3) is 4.06. The fraction of sp³-hybridized carbons (Fsp3) is 0.588. The molecule has 128 valence electrons. The molecule has 23 heavy (non-hydrogen) atoms. The molecule has 1 aliphatic heterocycles. The minimum atomic E-state index is -0.966. The summed E-state index contributed by atoms with van der Waals surface area (Å²) < 4.78 is 18.1. The average Bonchev–Trinajstić information content (AvgIpc) is 2.44. The third-order valence-electron chi connectivity index (χ3n) is 3.90. The first-order valence-corrected chi connectivity index (χ1v) is 9.10. The van der Waals surface area contributed by atoms with Crippen LogP contribution < -0.4 is 9.47 Å². The van der Waals surface area contributed by atoms with Crippen molar-refractivity contribution in [2.75, 3.05) is 6.61 Å². The molecule has 1 aromatic rings. The molecule has 0 fully saturated rings. The second-order valence-corrected chi connectivity index (χ2v) is 10.4. The molecule has 1 heterocycles. The Morgan fingerprint density at radius 2 is 1.96 bits per heavy atom. The monoisotopic (exact) mass is 338 g/mol. The summed E-state index contributed by atoms with van der Waals surface area (Å²) in [6.07, 6.45) is -0.271. The van der Waals surface area contributed by atoms with Crippen LogP contribution in [0, 0.1) is 6.92 Å². The highest BCUT2D eigenvalue weighted by atomic mass is 28.2. The zero-order chi connectivity index (χ0) is 17.4. The number of rotatable bonds is 4. The third-order valence-corrected chi connectivity index (χ3v) is 5.66. The van der Waals surface area contributed by atoms with Crippen LogP contribution in [0.25, 0.3) is 0 Å². The Morgan fingerprint density at radius 3 is 2.52 bits per heavy atom. The number of carbonyl (C=O) groups is 1. The van der Waals surface area contributed by atoms with Crippen LogP contribution in [0.1, 0.15) is 50.5 Å². The van der Waals surface area contributed by atoms with Gasteiger partial charge in [-0.05, 0) is 37.9 Å². The number of fused-ring (bicyclic) bond motifs is 1. The molecule has 5 nitrogen and oxygen atoms in total. The number of aromatic carboxylic acids is 1. The standard InChI is InChI=1S/C17H26O5Si/c1-10-11(15(18)19)7-8-12-14(10)21-13(9-20-12)17(5,6)22-23-16(2,3)4/h7-8,13H,9,23H2,1-6H3,(H,18,19). The van der Waals surface area contributed by atoms with Crippen LogP contribution in [0.5, 0.6) is 11.5 Å². The fourth-order valence-electron chi connectivity index (χ4n) is 2.34. The highest BCUT2D eigenvalue weighted by molar-refractivity contribution is 6.31. The van der Waals surface area contributed by atoms with Gasteiger partial charge in [0.2, 0.25) is 0 Å². The molecule has 0 spiro atoms. The van der Waals surface area contributed by atoms with Crippen LogP contribution in [0.4, 0.5) is 0 Å². The maximum absolute atomic E-state index is 11.3. The van der Waals surface area contributed by atoms with E-state index in [1.54, 1.807) is 19.1 Å². The summed E-state index contributed by atoms with van der Waals surface area (Å²) in [4.78, 5) is 11.3. The van der Waals surface area contributed by atoms with Crippen molar-refractivity contribution < 1.29 is 23.8 Å². The maximum atomic E-state index is 11.3. The molecule has 1 atom stereocenters.